The Kier molecular flexibility index (Phi) is 5.70. The van der Waals surface area contributed by atoms with Crippen LogP contribution in [0.5, 0.6) is 0 Å². The summed E-state index contributed by atoms with van der Waals surface area (Å²) in [6, 6.07) is -1.42. The van der Waals surface area contributed by atoms with Crippen LogP contribution in [-0.4, -0.2) is 53.2 Å². The van der Waals surface area contributed by atoms with Crippen LogP contribution in [0.15, 0.2) is 0 Å². The predicted octanol–water partition coefficient (Wildman–Crippen LogP) is -0.238. The Balaban J connectivity index is 4.79. The van der Waals surface area contributed by atoms with Crippen LogP contribution in [0.1, 0.15) is 12.8 Å². The molecule has 16 heavy (non-hydrogen) atoms. The van der Waals surface area contributed by atoms with Gasteiger partial charge in [0.05, 0.1) is 0 Å². The summed E-state index contributed by atoms with van der Waals surface area (Å²) >= 11 is 5.16. The third-order valence-electron chi connectivity index (χ3n) is 1.93. The quantitative estimate of drug-likeness (QED) is 0.619. The molecule has 0 saturated heterocycles. The van der Waals surface area contributed by atoms with E-state index in [1.54, 1.807) is 0 Å². The van der Waals surface area contributed by atoms with E-state index in [1.165, 1.54) is 0 Å². The highest BCUT2D eigenvalue weighted by Gasteiger charge is 2.31. The van der Waals surface area contributed by atoms with Crippen molar-refractivity contribution in [1.82, 2.24) is 4.31 Å². The smallest absolute Gasteiger partial charge is 0.322 e. The highest BCUT2D eigenvalue weighted by molar-refractivity contribution is 7.90. The second-order valence-corrected chi connectivity index (χ2v) is 5.64. The molecule has 0 bridgehead atoms. The van der Waals surface area contributed by atoms with Gasteiger partial charge < -0.3 is 10.2 Å². The van der Waals surface area contributed by atoms with Crippen molar-refractivity contribution in [3.8, 4) is 0 Å². The minimum Gasteiger partial charge on any atom is -0.481 e. The van der Waals surface area contributed by atoms with Crippen molar-refractivity contribution >= 4 is 33.6 Å². The lowest BCUT2D eigenvalue weighted by Gasteiger charge is -2.22. The number of sulfonamides is 1. The fourth-order valence-electron chi connectivity index (χ4n) is 0.992. The first-order valence-electron chi connectivity index (χ1n) is 4.18. The van der Waals surface area contributed by atoms with E-state index in [0.717, 1.165) is 7.05 Å². The number of hydrogen-bond donors (Lipinski definition) is 2. The van der Waals surface area contributed by atoms with E-state index in [0.29, 0.717) is 4.31 Å². The zero-order valence-corrected chi connectivity index (χ0v) is 10.0. The second kappa shape index (κ2) is 6.02. The highest BCUT2D eigenvalue weighted by atomic mass is 35.5. The average molecular weight is 274 g/mol. The van der Waals surface area contributed by atoms with Gasteiger partial charge in [-0.2, -0.15) is 4.31 Å². The summed E-state index contributed by atoms with van der Waals surface area (Å²) in [6.07, 6.45) is -0.740. The summed E-state index contributed by atoms with van der Waals surface area (Å²) in [5, 5.41) is 16.4. The van der Waals surface area contributed by atoms with Crippen LogP contribution in [0.25, 0.3) is 0 Å². The van der Waals surface area contributed by atoms with Crippen LogP contribution in [0.2, 0.25) is 0 Å². The Labute approximate surface area is 97.7 Å². The van der Waals surface area contributed by atoms with E-state index in [4.69, 9.17) is 21.8 Å². The number of aliphatic carboxylic acids is 2. The van der Waals surface area contributed by atoms with Gasteiger partial charge in [0, 0.05) is 13.5 Å². The van der Waals surface area contributed by atoms with Crippen LogP contribution in [-0.2, 0) is 19.6 Å². The summed E-state index contributed by atoms with van der Waals surface area (Å²) in [5.74, 6) is -2.60. The number of carbonyl (C=O) groups is 2. The lowest BCUT2D eigenvalue weighted by molar-refractivity contribution is -0.142. The molecule has 0 rings (SSSR count). The Morgan fingerprint density at radius 2 is 1.88 bits per heavy atom. The van der Waals surface area contributed by atoms with Crippen LogP contribution < -0.4 is 0 Å². The first kappa shape index (κ1) is 15.1. The molecule has 0 aromatic heterocycles. The number of alkyl halides is 1. The number of carboxylic acids is 2. The number of likely N-dealkylation sites (N-methyl/N-ethyl adjacent to an activating group) is 1. The van der Waals surface area contributed by atoms with Crippen LogP contribution in [0, 0.1) is 0 Å². The molecule has 0 amide bonds. The van der Waals surface area contributed by atoms with Crippen molar-refractivity contribution in [3.63, 3.8) is 0 Å². The fourth-order valence-corrected chi connectivity index (χ4v) is 2.19. The maximum absolute atomic E-state index is 11.3. The zero-order chi connectivity index (χ0) is 12.9. The third-order valence-corrected chi connectivity index (χ3v) is 4.17. The largest absolute Gasteiger partial charge is 0.481 e. The first-order valence-corrected chi connectivity index (χ1v) is 6.33. The molecule has 94 valence electrons. The van der Waals surface area contributed by atoms with Crippen molar-refractivity contribution < 1.29 is 28.2 Å². The molecule has 0 aliphatic heterocycles. The van der Waals surface area contributed by atoms with Crippen molar-refractivity contribution in [2.45, 2.75) is 18.9 Å². The van der Waals surface area contributed by atoms with E-state index in [2.05, 4.69) is 0 Å². The molecule has 0 heterocycles. The normalized spacial score (nSPS) is 13.7. The van der Waals surface area contributed by atoms with Gasteiger partial charge in [-0.15, -0.1) is 11.6 Å². The molecule has 0 fully saturated rings. The SMILES string of the molecule is CN([C@@H](CCC(=O)O)C(=O)O)S(=O)(=O)CCl. The monoisotopic (exact) mass is 273 g/mol. The van der Waals surface area contributed by atoms with Gasteiger partial charge in [0.15, 0.2) is 0 Å². The van der Waals surface area contributed by atoms with Gasteiger partial charge in [0.1, 0.15) is 11.3 Å². The summed E-state index contributed by atoms with van der Waals surface area (Å²) < 4.78 is 23.1. The number of nitrogens with zero attached hydrogens (tertiary/aromatic N) is 1. The summed E-state index contributed by atoms with van der Waals surface area (Å²) in [6.45, 7) is 0. The van der Waals surface area contributed by atoms with Gasteiger partial charge in [-0.3, -0.25) is 9.59 Å². The van der Waals surface area contributed by atoms with E-state index in [9.17, 15) is 18.0 Å². The molecule has 9 heteroatoms. The van der Waals surface area contributed by atoms with E-state index < -0.39 is 39.6 Å². The van der Waals surface area contributed by atoms with Crippen molar-refractivity contribution in [2.24, 2.45) is 0 Å². The predicted molar refractivity (Wildman–Crippen MR) is 55.7 cm³/mol. The van der Waals surface area contributed by atoms with Crippen LogP contribution in [0.4, 0.5) is 0 Å². The molecule has 0 aliphatic rings. The first-order chi connectivity index (χ1) is 7.22. The topological polar surface area (TPSA) is 112 Å². The highest BCUT2D eigenvalue weighted by Crippen LogP contribution is 2.12. The molecule has 0 unspecified atom stereocenters. The molecular weight excluding hydrogens is 262 g/mol. The van der Waals surface area contributed by atoms with E-state index in [-0.39, 0.29) is 6.42 Å². The van der Waals surface area contributed by atoms with E-state index in [1.807, 2.05) is 0 Å². The van der Waals surface area contributed by atoms with Gasteiger partial charge in [0.2, 0.25) is 10.0 Å². The number of halogens is 1. The van der Waals surface area contributed by atoms with Crippen molar-refractivity contribution in [3.05, 3.63) is 0 Å². The number of rotatable bonds is 7. The Hall–Kier alpha value is -0.860. The van der Waals surface area contributed by atoms with Crippen LogP contribution >= 0.6 is 11.6 Å². The minimum atomic E-state index is -3.87. The van der Waals surface area contributed by atoms with E-state index >= 15 is 0 Å². The van der Waals surface area contributed by atoms with Gasteiger partial charge in [0.25, 0.3) is 0 Å². The molecule has 0 saturated carbocycles. The standard InChI is InChI=1S/C7H12ClNO6S/c1-9(16(14,15)4-8)5(7(12)13)2-3-6(10)11/h5H,2-4H2,1H3,(H,10,11)(H,12,13)/t5-/m0/s1. The molecule has 0 radical (unpaired) electrons. The molecule has 7 nitrogen and oxygen atoms in total. The second-order valence-electron chi connectivity index (χ2n) is 3.02. The van der Waals surface area contributed by atoms with Crippen molar-refractivity contribution in [2.75, 3.05) is 12.3 Å². The Morgan fingerprint density at radius 1 is 1.38 bits per heavy atom. The Bertz CT molecular complexity index is 367. The zero-order valence-electron chi connectivity index (χ0n) is 8.46. The number of carboxylic acid groups (broad SMARTS) is 2. The molecule has 2 N–H and O–H groups in total. The van der Waals surface area contributed by atoms with Crippen molar-refractivity contribution in [1.29, 1.82) is 0 Å². The summed E-state index contributed by atoms with van der Waals surface area (Å²) in [5.41, 5.74) is 0. The molecule has 0 aromatic rings. The average Bonchev–Trinajstić information content (AvgIpc) is 2.16. The maximum atomic E-state index is 11.3. The minimum absolute atomic E-state index is 0.308. The number of hydrogen-bond acceptors (Lipinski definition) is 4. The summed E-state index contributed by atoms with van der Waals surface area (Å²) in [4.78, 5) is 21.1. The lowest BCUT2D eigenvalue weighted by atomic mass is 10.1. The van der Waals surface area contributed by atoms with Gasteiger partial charge in [-0.1, -0.05) is 0 Å². The maximum Gasteiger partial charge on any atom is 0.322 e. The third kappa shape index (κ3) is 4.33. The van der Waals surface area contributed by atoms with Crippen LogP contribution in [0.3, 0.4) is 0 Å². The molecule has 0 aliphatic carbocycles. The van der Waals surface area contributed by atoms with Gasteiger partial charge in [-0.25, -0.2) is 8.42 Å². The molecule has 0 spiro atoms. The molecule has 1 atom stereocenters. The lowest BCUT2D eigenvalue weighted by Crippen LogP contribution is -2.43. The van der Waals surface area contributed by atoms with Gasteiger partial charge >= 0.3 is 11.9 Å². The Morgan fingerprint density at radius 3 is 2.19 bits per heavy atom. The fraction of sp³-hybridized carbons (Fsp3) is 0.714. The molecule has 0 aromatic carbocycles. The molecular formula is C7H12ClNO6S. The summed E-state index contributed by atoms with van der Waals surface area (Å²) in [7, 11) is -2.81. The van der Waals surface area contributed by atoms with Gasteiger partial charge in [-0.05, 0) is 6.42 Å².